The summed E-state index contributed by atoms with van der Waals surface area (Å²) in [6.07, 6.45) is 0. The molecule has 0 atom stereocenters. The van der Waals surface area contributed by atoms with Gasteiger partial charge in [-0.15, -0.1) is 0 Å². The molecule has 0 aliphatic carbocycles. The minimum Gasteiger partial charge on any atom is -0.465 e. The number of hydrogen-bond donors (Lipinski definition) is 0. The van der Waals surface area contributed by atoms with Crippen LogP contribution >= 0.6 is 0 Å². The zero-order valence-electron chi connectivity index (χ0n) is 13.2. The van der Waals surface area contributed by atoms with Crippen molar-refractivity contribution in [2.75, 3.05) is 59.8 Å². The molecule has 0 saturated heterocycles. The highest BCUT2D eigenvalue weighted by Gasteiger charge is 2.14. The third-order valence-corrected chi connectivity index (χ3v) is 2.69. The molecular formula is C14H29NO5. The first-order valence-electron chi connectivity index (χ1n) is 7.15. The van der Waals surface area contributed by atoms with Gasteiger partial charge in [0.25, 0.3) is 0 Å². The zero-order chi connectivity index (χ0) is 15.2. The molecule has 0 radical (unpaired) electrons. The van der Waals surface area contributed by atoms with Crippen molar-refractivity contribution in [1.82, 2.24) is 4.90 Å². The van der Waals surface area contributed by atoms with Crippen molar-refractivity contribution in [3.63, 3.8) is 0 Å². The van der Waals surface area contributed by atoms with Crippen LogP contribution in [0.2, 0.25) is 0 Å². The molecule has 0 rings (SSSR count). The summed E-state index contributed by atoms with van der Waals surface area (Å²) in [5.74, 6) is -0.191. The predicted octanol–water partition coefficient (Wildman–Crippen LogP) is 0.940. The molecule has 20 heavy (non-hydrogen) atoms. The molecule has 0 fully saturated rings. The van der Waals surface area contributed by atoms with Gasteiger partial charge in [0.2, 0.25) is 0 Å². The van der Waals surface area contributed by atoms with Crippen molar-refractivity contribution >= 4 is 5.97 Å². The van der Waals surface area contributed by atoms with Crippen LogP contribution in [-0.2, 0) is 23.7 Å². The molecule has 0 aliphatic rings. The molecule has 0 aromatic heterocycles. The minimum absolute atomic E-state index is 0.191. The molecule has 120 valence electrons. The maximum Gasteiger partial charge on any atom is 0.320 e. The molecule has 0 aromatic carbocycles. The first-order chi connectivity index (χ1) is 9.61. The van der Waals surface area contributed by atoms with Crippen LogP contribution in [0, 0.1) is 0 Å². The van der Waals surface area contributed by atoms with Gasteiger partial charge in [-0.25, -0.2) is 0 Å². The molecule has 0 unspecified atom stereocenters. The van der Waals surface area contributed by atoms with E-state index in [2.05, 4.69) is 0 Å². The third-order valence-electron chi connectivity index (χ3n) is 2.69. The molecule has 0 bridgehead atoms. The van der Waals surface area contributed by atoms with Crippen LogP contribution in [-0.4, -0.2) is 76.8 Å². The van der Waals surface area contributed by atoms with Crippen molar-refractivity contribution in [1.29, 1.82) is 0 Å². The number of methoxy groups -OCH3 is 1. The summed E-state index contributed by atoms with van der Waals surface area (Å²) in [6.45, 7) is 10.2. The van der Waals surface area contributed by atoms with Crippen LogP contribution < -0.4 is 0 Å². The first-order valence-corrected chi connectivity index (χ1v) is 7.15. The van der Waals surface area contributed by atoms with Gasteiger partial charge in [-0.2, -0.15) is 0 Å². The average Bonchev–Trinajstić information content (AvgIpc) is 2.40. The fourth-order valence-electron chi connectivity index (χ4n) is 1.54. The standard InChI is InChI=1S/C14H29NO5/c1-5-20-14(16)12-15(13(2)3)6-7-18-10-11-19-9-8-17-4/h13H,5-12H2,1-4H3. The summed E-state index contributed by atoms with van der Waals surface area (Å²) >= 11 is 0. The second-order valence-electron chi connectivity index (χ2n) is 4.59. The maximum absolute atomic E-state index is 11.5. The Morgan fingerprint density at radius 2 is 1.65 bits per heavy atom. The molecular weight excluding hydrogens is 262 g/mol. The molecule has 6 heteroatoms. The fraction of sp³-hybridized carbons (Fsp3) is 0.929. The number of carbonyl (C=O) groups excluding carboxylic acids is 1. The summed E-state index contributed by atoms with van der Waals surface area (Å²) in [5.41, 5.74) is 0. The van der Waals surface area contributed by atoms with Gasteiger partial charge in [-0.1, -0.05) is 0 Å². The number of rotatable bonds is 13. The zero-order valence-corrected chi connectivity index (χ0v) is 13.2. The molecule has 0 spiro atoms. The number of ether oxygens (including phenoxy) is 4. The summed E-state index contributed by atoms with van der Waals surface area (Å²) in [4.78, 5) is 13.5. The molecule has 0 aliphatic heterocycles. The lowest BCUT2D eigenvalue weighted by Crippen LogP contribution is -2.38. The smallest absolute Gasteiger partial charge is 0.320 e. The Bertz CT molecular complexity index is 236. The van der Waals surface area contributed by atoms with Crippen molar-refractivity contribution in [2.24, 2.45) is 0 Å². The monoisotopic (exact) mass is 291 g/mol. The van der Waals surface area contributed by atoms with E-state index in [1.165, 1.54) is 0 Å². The van der Waals surface area contributed by atoms with Gasteiger partial charge < -0.3 is 18.9 Å². The van der Waals surface area contributed by atoms with E-state index in [1.54, 1.807) is 7.11 Å². The number of esters is 1. The van der Waals surface area contributed by atoms with Crippen molar-refractivity contribution < 1.29 is 23.7 Å². The van der Waals surface area contributed by atoms with Crippen LogP contribution in [0.5, 0.6) is 0 Å². The van der Waals surface area contributed by atoms with E-state index in [0.29, 0.717) is 52.7 Å². The fourth-order valence-corrected chi connectivity index (χ4v) is 1.54. The molecule has 0 amide bonds. The van der Waals surface area contributed by atoms with E-state index in [1.807, 2.05) is 25.7 Å². The van der Waals surface area contributed by atoms with E-state index in [0.717, 1.165) is 0 Å². The lowest BCUT2D eigenvalue weighted by Gasteiger charge is -2.25. The largest absolute Gasteiger partial charge is 0.465 e. The van der Waals surface area contributed by atoms with E-state index >= 15 is 0 Å². The second kappa shape index (κ2) is 13.3. The van der Waals surface area contributed by atoms with Gasteiger partial charge in [0, 0.05) is 19.7 Å². The van der Waals surface area contributed by atoms with Gasteiger partial charge in [0.15, 0.2) is 0 Å². The Morgan fingerprint density at radius 1 is 1.05 bits per heavy atom. The van der Waals surface area contributed by atoms with Crippen molar-refractivity contribution in [3.8, 4) is 0 Å². The quantitative estimate of drug-likeness (QED) is 0.372. The molecule has 6 nitrogen and oxygen atoms in total. The maximum atomic E-state index is 11.5. The van der Waals surface area contributed by atoms with Crippen molar-refractivity contribution in [2.45, 2.75) is 26.8 Å². The highest BCUT2D eigenvalue weighted by molar-refractivity contribution is 5.71. The molecule has 0 aromatic rings. The Balaban J connectivity index is 3.63. The van der Waals surface area contributed by atoms with Gasteiger partial charge in [0.05, 0.1) is 46.2 Å². The predicted molar refractivity (Wildman–Crippen MR) is 76.9 cm³/mol. The van der Waals surface area contributed by atoms with E-state index in [9.17, 15) is 4.79 Å². The van der Waals surface area contributed by atoms with E-state index in [4.69, 9.17) is 18.9 Å². The molecule has 0 N–H and O–H groups in total. The van der Waals surface area contributed by atoms with Crippen LogP contribution in [0.4, 0.5) is 0 Å². The van der Waals surface area contributed by atoms with Gasteiger partial charge in [0.1, 0.15) is 0 Å². The van der Waals surface area contributed by atoms with E-state index in [-0.39, 0.29) is 12.0 Å². The highest BCUT2D eigenvalue weighted by atomic mass is 16.5. The lowest BCUT2D eigenvalue weighted by molar-refractivity contribution is -0.145. The average molecular weight is 291 g/mol. The Morgan fingerprint density at radius 3 is 2.20 bits per heavy atom. The Kier molecular flexibility index (Phi) is 12.8. The third kappa shape index (κ3) is 11.2. The first kappa shape index (κ1) is 19.3. The minimum atomic E-state index is -0.191. The summed E-state index contributed by atoms with van der Waals surface area (Å²) < 4.78 is 20.6. The van der Waals surface area contributed by atoms with Gasteiger partial charge in [-0.3, -0.25) is 9.69 Å². The summed E-state index contributed by atoms with van der Waals surface area (Å²) in [7, 11) is 1.64. The number of carbonyl (C=O) groups is 1. The SMILES string of the molecule is CCOC(=O)CN(CCOCCOCCOC)C(C)C. The lowest BCUT2D eigenvalue weighted by atomic mass is 10.3. The topological polar surface area (TPSA) is 57.2 Å². The Labute approximate surface area is 122 Å². The molecule has 0 heterocycles. The summed E-state index contributed by atoms with van der Waals surface area (Å²) in [5, 5.41) is 0. The van der Waals surface area contributed by atoms with E-state index < -0.39 is 0 Å². The van der Waals surface area contributed by atoms with Gasteiger partial charge >= 0.3 is 5.97 Å². The van der Waals surface area contributed by atoms with Gasteiger partial charge in [-0.05, 0) is 20.8 Å². The number of hydrogen-bond acceptors (Lipinski definition) is 6. The van der Waals surface area contributed by atoms with Crippen LogP contribution in [0.25, 0.3) is 0 Å². The molecule has 0 saturated carbocycles. The Hall–Kier alpha value is -0.690. The second-order valence-corrected chi connectivity index (χ2v) is 4.59. The normalized spacial score (nSPS) is 11.3. The van der Waals surface area contributed by atoms with Crippen LogP contribution in [0.3, 0.4) is 0 Å². The van der Waals surface area contributed by atoms with Crippen LogP contribution in [0.1, 0.15) is 20.8 Å². The summed E-state index contributed by atoms with van der Waals surface area (Å²) in [6, 6.07) is 0.279. The van der Waals surface area contributed by atoms with Crippen LogP contribution in [0.15, 0.2) is 0 Å². The number of nitrogens with zero attached hydrogens (tertiary/aromatic N) is 1. The van der Waals surface area contributed by atoms with Crippen molar-refractivity contribution in [3.05, 3.63) is 0 Å². The highest BCUT2D eigenvalue weighted by Crippen LogP contribution is 1.98.